The van der Waals surface area contributed by atoms with Gasteiger partial charge in [0, 0.05) is 27.2 Å². The van der Waals surface area contributed by atoms with Crippen LogP contribution in [0.15, 0.2) is 0 Å². The van der Waals surface area contributed by atoms with Crippen molar-refractivity contribution in [1.82, 2.24) is 0 Å². The maximum atomic E-state index is 10.7. The first-order valence-electron chi connectivity index (χ1n) is 3.24. The Morgan fingerprint density at radius 1 is 1.50 bits per heavy atom. The van der Waals surface area contributed by atoms with E-state index in [1.807, 2.05) is 0 Å². The summed E-state index contributed by atoms with van der Waals surface area (Å²) in [5.74, 6) is 0.0551. The zero-order valence-electron chi connectivity index (χ0n) is 6.72. The minimum Gasteiger partial charge on any atom is -0.385 e. The van der Waals surface area contributed by atoms with Gasteiger partial charge in [0.1, 0.15) is 6.10 Å². The van der Waals surface area contributed by atoms with Crippen molar-refractivity contribution < 1.29 is 14.3 Å². The average molecular weight is 146 g/mol. The molecule has 0 saturated carbocycles. The summed E-state index contributed by atoms with van der Waals surface area (Å²) in [5.41, 5.74) is 0. The summed E-state index contributed by atoms with van der Waals surface area (Å²) in [6.07, 6.45) is 0.349. The zero-order chi connectivity index (χ0) is 7.98. The molecule has 0 aliphatic carbocycles. The van der Waals surface area contributed by atoms with Crippen molar-refractivity contribution in [3.63, 3.8) is 0 Å². The Morgan fingerprint density at radius 3 is 2.40 bits per heavy atom. The Labute approximate surface area is 61.3 Å². The van der Waals surface area contributed by atoms with Crippen LogP contribution in [0.3, 0.4) is 0 Å². The van der Waals surface area contributed by atoms with E-state index in [0.717, 1.165) is 0 Å². The van der Waals surface area contributed by atoms with Crippen LogP contribution in [0.25, 0.3) is 0 Å². The van der Waals surface area contributed by atoms with Crippen molar-refractivity contribution in [3.05, 3.63) is 0 Å². The summed E-state index contributed by atoms with van der Waals surface area (Å²) in [4.78, 5) is 10.7. The number of rotatable bonds is 5. The van der Waals surface area contributed by atoms with Gasteiger partial charge in [0.15, 0.2) is 5.78 Å². The number of ketones is 1. The molecule has 0 aliphatic rings. The molecular weight excluding hydrogens is 132 g/mol. The van der Waals surface area contributed by atoms with Crippen LogP contribution in [-0.2, 0) is 14.3 Å². The van der Waals surface area contributed by atoms with E-state index in [2.05, 4.69) is 0 Å². The Hall–Kier alpha value is -0.410. The predicted octanol–water partition coefficient (Wildman–Crippen LogP) is 0.627. The van der Waals surface area contributed by atoms with E-state index < -0.39 is 0 Å². The Balaban J connectivity index is 3.50. The number of methoxy groups -OCH3 is 2. The molecular formula is C7H14O3. The lowest BCUT2D eigenvalue weighted by Gasteiger charge is -2.09. The van der Waals surface area contributed by atoms with Crippen LogP contribution < -0.4 is 0 Å². The van der Waals surface area contributed by atoms with E-state index >= 15 is 0 Å². The molecule has 0 bridgehead atoms. The fourth-order valence-electron chi connectivity index (χ4n) is 0.712. The molecule has 3 nitrogen and oxygen atoms in total. The van der Waals surface area contributed by atoms with Gasteiger partial charge in [-0.15, -0.1) is 0 Å². The lowest BCUT2D eigenvalue weighted by molar-refractivity contribution is -0.127. The van der Waals surface area contributed by atoms with Crippen LogP contribution >= 0.6 is 0 Å². The van der Waals surface area contributed by atoms with Crippen molar-refractivity contribution >= 4 is 5.78 Å². The fourth-order valence-corrected chi connectivity index (χ4v) is 0.712. The largest absolute Gasteiger partial charge is 0.385 e. The molecule has 10 heavy (non-hydrogen) atoms. The third-order valence-electron chi connectivity index (χ3n) is 1.32. The summed E-state index contributed by atoms with van der Waals surface area (Å²) < 4.78 is 9.68. The highest BCUT2D eigenvalue weighted by atomic mass is 16.5. The molecule has 0 aromatic rings. The Morgan fingerprint density at radius 2 is 2.10 bits per heavy atom. The van der Waals surface area contributed by atoms with Crippen LogP contribution in [-0.4, -0.2) is 32.7 Å². The van der Waals surface area contributed by atoms with Gasteiger partial charge < -0.3 is 9.47 Å². The second kappa shape index (κ2) is 5.38. The molecule has 0 rings (SSSR count). The summed E-state index contributed by atoms with van der Waals surface area (Å²) in [5, 5.41) is 0. The summed E-state index contributed by atoms with van der Waals surface area (Å²) >= 11 is 0. The maximum Gasteiger partial charge on any atom is 0.158 e. The second-order valence-corrected chi connectivity index (χ2v) is 2.12. The predicted molar refractivity (Wildman–Crippen MR) is 38.0 cm³/mol. The van der Waals surface area contributed by atoms with Crippen molar-refractivity contribution in [1.29, 1.82) is 0 Å². The highest BCUT2D eigenvalue weighted by Crippen LogP contribution is 1.97. The molecule has 0 N–H and O–H groups in total. The first kappa shape index (κ1) is 9.59. The van der Waals surface area contributed by atoms with E-state index in [0.29, 0.717) is 13.0 Å². The van der Waals surface area contributed by atoms with E-state index in [-0.39, 0.29) is 11.9 Å². The lowest BCUT2D eigenvalue weighted by atomic mass is 10.2. The van der Waals surface area contributed by atoms with Gasteiger partial charge in [0.2, 0.25) is 0 Å². The Bertz CT molecular complexity index is 101. The molecule has 0 spiro atoms. The van der Waals surface area contributed by atoms with E-state index in [1.54, 1.807) is 7.11 Å². The third kappa shape index (κ3) is 3.58. The van der Waals surface area contributed by atoms with Crippen molar-refractivity contribution in [3.8, 4) is 0 Å². The van der Waals surface area contributed by atoms with Gasteiger partial charge in [-0.2, -0.15) is 0 Å². The minimum atomic E-state index is -0.292. The fraction of sp³-hybridized carbons (Fsp3) is 0.857. The summed E-state index contributed by atoms with van der Waals surface area (Å²) in [7, 11) is 3.13. The number of hydrogen-bond donors (Lipinski definition) is 0. The molecule has 1 atom stereocenters. The molecule has 3 heteroatoms. The van der Waals surface area contributed by atoms with Gasteiger partial charge in [-0.05, 0) is 6.92 Å². The van der Waals surface area contributed by atoms with Crippen molar-refractivity contribution in [2.45, 2.75) is 19.4 Å². The number of Topliss-reactive ketones (excluding diaryl/α,β-unsaturated/α-hetero) is 1. The molecule has 0 aromatic carbocycles. The number of carbonyl (C=O) groups is 1. The summed E-state index contributed by atoms with van der Waals surface area (Å²) in [6.45, 7) is 2.09. The molecule has 0 heterocycles. The maximum absolute atomic E-state index is 10.7. The van der Waals surface area contributed by atoms with Crippen LogP contribution in [0, 0.1) is 0 Å². The zero-order valence-corrected chi connectivity index (χ0v) is 6.72. The topological polar surface area (TPSA) is 35.5 Å². The molecule has 1 unspecified atom stereocenters. The van der Waals surface area contributed by atoms with Gasteiger partial charge >= 0.3 is 0 Å². The van der Waals surface area contributed by atoms with Crippen LogP contribution in [0.2, 0.25) is 0 Å². The molecule has 0 fully saturated rings. The number of carbonyl (C=O) groups excluding carboxylic acids is 1. The Kier molecular flexibility index (Phi) is 5.16. The number of hydrogen-bond acceptors (Lipinski definition) is 3. The van der Waals surface area contributed by atoms with Gasteiger partial charge in [-0.3, -0.25) is 4.79 Å². The van der Waals surface area contributed by atoms with Crippen LogP contribution in [0.4, 0.5) is 0 Å². The third-order valence-corrected chi connectivity index (χ3v) is 1.32. The van der Waals surface area contributed by atoms with Crippen LogP contribution in [0.1, 0.15) is 13.3 Å². The highest BCUT2D eigenvalue weighted by Gasteiger charge is 2.11. The van der Waals surface area contributed by atoms with Gasteiger partial charge in [-0.25, -0.2) is 0 Å². The SMILES string of the molecule is COCCC(OC)C(C)=O. The van der Waals surface area contributed by atoms with Crippen molar-refractivity contribution in [2.24, 2.45) is 0 Å². The summed E-state index contributed by atoms with van der Waals surface area (Å²) in [6, 6.07) is 0. The molecule has 0 amide bonds. The molecule has 0 radical (unpaired) electrons. The first-order chi connectivity index (χ1) is 4.72. The van der Waals surface area contributed by atoms with Gasteiger partial charge in [0.25, 0.3) is 0 Å². The molecule has 0 aliphatic heterocycles. The molecule has 0 aromatic heterocycles. The monoisotopic (exact) mass is 146 g/mol. The standard InChI is InChI=1S/C7H14O3/c1-6(8)7(10-3)4-5-9-2/h7H,4-5H2,1-3H3. The normalized spacial score (nSPS) is 13.1. The number of ether oxygens (including phenoxy) is 2. The minimum absolute atomic E-state index is 0.0551. The van der Waals surface area contributed by atoms with E-state index in [4.69, 9.17) is 9.47 Å². The molecule has 60 valence electrons. The first-order valence-corrected chi connectivity index (χ1v) is 3.24. The van der Waals surface area contributed by atoms with Crippen molar-refractivity contribution in [2.75, 3.05) is 20.8 Å². The van der Waals surface area contributed by atoms with Gasteiger partial charge in [0.05, 0.1) is 0 Å². The average Bonchev–Trinajstić information content (AvgIpc) is 1.89. The lowest BCUT2D eigenvalue weighted by Crippen LogP contribution is -2.21. The second-order valence-electron chi connectivity index (χ2n) is 2.12. The quantitative estimate of drug-likeness (QED) is 0.570. The van der Waals surface area contributed by atoms with E-state index in [9.17, 15) is 4.79 Å². The highest BCUT2D eigenvalue weighted by molar-refractivity contribution is 5.80. The van der Waals surface area contributed by atoms with Crippen LogP contribution in [0.5, 0.6) is 0 Å². The van der Waals surface area contributed by atoms with E-state index in [1.165, 1.54) is 14.0 Å². The smallest absolute Gasteiger partial charge is 0.158 e. The van der Waals surface area contributed by atoms with Gasteiger partial charge in [-0.1, -0.05) is 0 Å². The molecule has 0 saturated heterocycles.